The van der Waals surface area contributed by atoms with Gasteiger partial charge in [-0.25, -0.2) is 0 Å². The van der Waals surface area contributed by atoms with Gasteiger partial charge in [0.15, 0.2) is 17.5 Å². The van der Waals surface area contributed by atoms with Crippen LogP contribution >= 0.6 is 24.0 Å². The van der Waals surface area contributed by atoms with Gasteiger partial charge in [0.05, 0.1) is 13.7 Å². The van der Waals surface area contributed by atoms with Gasteiger partial charge in [0.1, 0.15) is 0 Å². The summed E-state index contributed by atoms with van der Waals surface area (Å²) in [6.45, 7) is 1.37. The van der Waals surface area contributed by atoms with Crippen molar-refractivity contribution in [1.82, 2.24) is 10.2 Å². The van der Waals surface area contributed by atoms with Crippen LogP contribution in [0.5, 0.6) is 11.5 Å². The number of likely N-dealkylation sites (tertiary alicyclic amines) is 1. The Hall–Kier alpha value is -1.36. The Bertz CT molecular complexity index is 670. The number of halogens is 3. The molecule has 1 unspecified atom stereocenters. The summed E-state index contributed by atoms with van der Waals surface area (Å²) in [6.07, 6.45) is 2.89. The summed E-state index contributed by atoms with van der Waals surface area (Å²) in [5.74, 6) is 1.22. The van der Waals surface area contributed by atoms with Crippen LogP contribution in [0.3, 0.4) is 0 Å². The first kappa shape index (κ1) is 22.9. The van der Waals surface area contributed by atoms with Crippen molar-refractivity contribution in [2.24, 2.45) is 10.4 Å². The Labute approximate surface area is 181 Å². The van der Waals surface area contributed by atoms with Crippen LogP contribution < -0.4 is 14.8 Å². The van der Waals surface area contributed by atoms with Gasteiger partial charge in [0.2, 0.25) is 0 Å². The number of ether oxygens (including phenoxy) is 3. The molecule has 2 heterocycles. The van der Waals surface area contributed by atoms with Crippen LogP contribution in [0, 0.1) is 5.41 Å². The Balaban J connectivity index is 0.00000280. The lowest BCUT2D eigenvalue weighted by atomic mass is 9.87. The van der Waals surface area contributed by atoms with E-state index in [0.717, 1.165) is 50.7 Å². The number of rotatable bonds is 6. The van der Waals surface area contributed by atoms with Crippen LogP contribution in [0.1, 0.15) is 18.4 Å². The van der Waals surface area contributed by atoms with Gasteiger partial charge in [-0.3, -0.25) is 4.99 Å². The van der Waals surface area contributed by atoms with Crippen molar-refractivity contribution in [3.05, 3.63) is 23.8 Å². The summed E-state index contributed by atoms with van der Waals surface area (Å²) < 4.78 is 40.3. The maximum atomic E-state index is 12.6. The highest BCUT2D eigenvalue weighted by molar-refractivity contribution is 14.0. The van der Waals surface area contributed by atoms with Gasteiger partial charge in [-0.15, -0.1) is 24.0 Å². The van der Waals surface area contributed by atoms with Crippen molar-refractivity contribution in [3.8, 4) is 11.5 Å². The van der Waals surface area contributed by atoms with Crippen LogP contribution in [-0.4, -0.2) is 64.5 Å². The van der Waals surface area contributed by atoms with Crippen LogP contribution in [0.25, 0.3) is 0 Å². The molecule has 0 bridgehead atoms. The SMILES string of the molecule is CN=C(NCCc1ccc(OC)c(OC(F)F)c1)N1CCC2(CCOC2)C1.I. The molecule has 6 nitrogen and oxygen atoms in total. The molecular formula is C19H28F2IN3O3. The Morgan fingerprint density at radius 3 is 2.82 bits per heavy atom. The summed E-state index contributed by atoms with van der Waals surface area (Å²) in [5, 5.41) is 3.37. The maximum absolute atomic E-state index is 12.6. The lowest BCUT2D eigenvalue weighted by Crippen LogP contribution is -2.42. The zero-order valence-corrected chi connectivity index (χ0v) is 18.6. The lowest BCUT2D eigenvalue weighted by molar-refractivity contribution is -0.0512. The second kappa shape index (κ2) is 10.4. The highest BCUT2D eigenvalue weighted by atomic mass is 127. The van der Waals surface area contributed by atoms with Gasteiger partial charge in [-0.2, -0.15) is 8.78 Å². The van der Waals surface area contributed by atoms with Crippen molar-refractivity contribution in [3.63, 3.8) is 0 Å². The van der Waals surface area contributed by atoms with Crippen molar-refractivity contribution < 1.29 is 23.0 Å². The third-order valence-corrected chi connectivity index (χ3v) is 5.28. The standard InChI is InChI=1S/C19H27F2N3O3.HI/c1-22-18(24-9-6-19(12-24)7-10-26-13-19)23-8-5-14-3-4-15(25-2)16(11-14)27-17(20)21;/h3-4,11,17H,5-10,12-13H2,1-2H3,(H,22,23);1H. The molecule has 1 N–H and O–H groups in total. The molecule has 1 aromatic rings. The van der Waals surface area contributed by atoms with Crippen LogP contribution in [0.2, 0.25) is 0 Å². The fraction of sp³-hybridized carbons (Fsp3) is 0.632. The van der Waals surface area contributed by atoms with E-state index in [1.807, 2.05) is 6.07 Å². The molecule has 2 aliphatic heterocycles. The van der Waals surface area contributed by atoms with Gasteiger partial charge < -0.3 is 24.4 Å². The highest BCUT2D eigenvalue weighted by Gasteiger charge is 2.42. The Morgan fingerprint density at radius 1 is 1.36 bits per heavy atom. The van der Waals surface area contributed by atoms with E-state index in [1.165, 1.54) is 7.11 Å². The minimum absolute atomic E-state index is 0. The molecule has 158 valence electrons. The van der Waals surface area contributed by atoms with E-state index in [4.69, 9.17) is 9.47 Å². The lowest BCUT2D eigenvalue weighted by Gasteiger charge is -2.25. The third-order valence-electron chi connectivity index (χ3n) is 5.28. The number of guanidine groups is 1. The van der Waals surface area contributed by atoms with E-state index in [1.54, 1.807) is 19.2 Å². The van der Waals surface area contributed by atoms with Gasteiger partial charge >= 0.3 is 6.61 Å². The second-order valence-electron chi connectivity index (χ2n) is 7.06. The summed E-state index contributed by atoms with van der Waals surface area (Å²) >= 11 is 0. The van der Waals surface area contributed by atoms with Crippen LogP contribution in [-0.2, 0) is 11.2 Å². The molecule has 0 aliphatic carbocycles. The number of aliphatic imine (C=N–C) groups is 1. The first-order chi connectivity index (χ1) is 13.0. The summed E-state index contributed by atoms with van der Waals surface area (Å²) in [5.41, 5.74) is 1.16. The quantitative estimate of drug-likeness (QED) is 0.362. The topological polar surface area (TPSA) is 55.3 Å². The predicted molar refractivity (Wildman–Crippen MR) is 114 cm³/mol. The Kier molecular flexibility index (Phi) is 8.54. The van der Waals surface area contributed by atoms with Gasteiger partial charge in [0.25, 0.3) is 0 Å². The zero-order chi connectivity index (χ0) is 19.3. The smallest absolute Gasteiger partial charge is 0.387 e. The number of benzene rings is 1. The van der Waals surface area contributed by atoms with E-state index in [0.29, 0.717) is 18.7 Å². The average Bonchev–Trinajstić information content (AvgIpc) is 3.28. The first-order valence-corrected chi connectivity index (χ1v) is 9.20. The molecule has 1 aromatic carbocycles. The zero-order valence-electron chi connectivity index (χ0n) is 16.2. The molecule has 9 heteroatoms. The molecule has 28 heavy (non-hydrogen) atoms. The van der Waals surface area contributed by atoms with Gasteiger partial charge in [-0.1, -0.05) is 6.07 Å². The van der Waals surface area contributed by atoms with E-state index in [2.05, 4.69) is 19.9 Å². The summed E-state index contributed by atoms with van der Waals surface area (Å²) in [7, 11) is 3.21. The number of hydrogen-bond donors (Lipinski definition) is 1. The Morgan fingerprint density at radius 2 is 2.18 bits per heavy atom. The third kappa shape index (κ3) is 5.59. The molecule has 2 saturated heterocycles. The molecule has 1 spiro atoms. The van der Waals surface area contributed by atoms with Crippen LogP contribution in [0.15, 0.2) is 23.2 Å². The van der Waals surface area contributed by atoms with E-state index < -0.39 is 6.61 Å². The summed E-state index contributed by atoms with van der Waals surface area (Å²) in [6, 6.07) is 5.09. The highest BCUT2D eigenvalue weighted by Crippen LogP contribution is 2.38. The van der Waals surface area contributed by atoms with E-state index in [-0.39, 0.29) is 35.1 Å². The summed E-state index contributed by atoms with van der Waals surface area (Å²) in [4.78, 5) is 6.66. The van der Waals surface area contributed by atoms with Crippen molar-refractivity contribution >= 4 is 29.9 Å². The monoisotopic (exact) mass is 511 g/mol. The van der Waals surface area contributed by atoms with Gasteiger partial charge in [-0.05, 0) is 37.0 Å². The molecule has 0 aromatic heterocycles. The normalized spacial score (nSPS) is 21.9. The first-order valence-electron chi connectivity index (χ1n) is 9.20. The van der Waals surface area contributed by atoms with E-state index in [9.17, 15) is 8.78 Å². The van der Waals surface area contributed by atoms with E-state index >= 15 is 0 Å². The second-order valence-corrected chi connectivity index (χ2v) is 7.06. The maximum Gasteiger partial charge on any atom is 0.387 e. The molecule has 0 radical (unpaired) electrons. The fourth-order valence-electron chi connectivity index (χ4n) is 3.80. The number of hydrogen-bond acceptors (Lipinski definition) is 4. The van der Waals surface area contributed by atoms with Crippen molar-refractivity contribution in [1.29, 1.82) is 0 Å². The molecule has 0 amide bonds. The number of alkyl halides is 2. The molecule has 1 atom stereocenters. The largest absolute Gasteiger partial charge is 0.493 e. The average molecular weight is 511 g/mol. The fourth-order valence-corrected chi connectivity index (χ4v) is 3.80. The van der Waals surface area contributed by atoms with Gasteiger partial charge in [0, 0.05) is 38.7 Å². The minimum atomic E-state index is -2.88. The molecule has 2 aliphatic rings. The number of nitrogens with zero attached hydrogens (tertiary/aromatic N) is 2. The molecule has 3 rings (SSSR count). The van der Waals surface area contributed by atoms with Crippen molar-refractivity contribution in [2.45, 2.75) is 25.9 Å². The number of nitrogens with one attached hydrogen (secondary N) is 1. The van der Waals surface area contributed by atoms with Crippen LogP contribution in [0.4, 0.5) is 8.78 Å². The number of methoxy groups -OCH3 is 1. The molecular weight excluding hydrogens is 483 g/mol. The molecule has 2 fully saturated rings. The molecule has 0 saturated carbocycles. The van der Waals surface area contributed by atoms with Crippen molar-refractivity contribution in [2.75, 3.05) is 47.0 Å². The predicted octanol–water partition coefficient (Wildman–Crippen LogP) is 3.14. The minimum Gasteiger partial charge on any atom is -0.493 e.